The summed E-state index contributed by atoms with van der Waals surface area (Å²) in [6, 6.07) is 11.3. The zero-order valence-electron chi connectivity index (χ0n) is 14.5. The van der Waals surface area contributed by atoms with Gasteiger partial charge in [0, 0.05) is 33.6 Å². The first kappa shape index (κ1) is 17.2. The second kappa shape index (κ2) is 7.17. The number of hydrogen-bond donors (Lipinski definition) is 1. The van der Waals surface area contributed by atoms with Gasteiger partial charge in [0.25, 0.3) is 0 Å². The van der Waals surface area contributed by atoms with E-state index in [0.29, 0.717) is 5.88 Å². The molecule has 0 radical (unpaired) electrons. The molecule has 2 aromatic heterocycles. The van der Waals surface area contributed by atoms with Crippen molar-refractivity contribution in [1.29, 1.82) is 0 Å². The normalized spacial score (nSPS) is 21.6. The van der Waals surface area contributed by atoms with E-state index in [2.05, 4.69) is 10.1 Å². The minimum Gasteiger partial charge on any atom is -0.473 e. The first-order valence-corrected chi connectivity index (χ1v) is 10.3. The summed E-state index contributed by atoms with van der Waals surface area (Å²) >= 11 is 0. The highest BCUT2D eigenvalue weighted by Gasteiger charge is 2.21. The quantitative estimate of drug-likeness (QED) is 0.763. The molecule has 1 aromatic carbocycles. The van der Waals surface area contributed by atoms with Crippen LogP contribution in [-0.2, 0) is 10.8 Å². The Hall–Kier alpha value is -2.25. The largest absolute Gasteiger partial charge is 0.473 e. The SMILES string of the molecule is CS(=O)c1cccc(-c2cnc3ccc(OC4CCC(O)CC4)nn23)c1. The van der Waals surface area contributed by atoms with Crippen molar-refractivity contribution < 1.29 is 14.1 Å². The van der Waals surface area contributed by atoms with Gasteiger partial charge < -0.3 is 9.84 Å². The molecule has 1 aliphatic rings. The van der Waals surface area contributed by atoms with Crippen molar-refractivity contribution in [3.05, 3.63) is 42.6 Å². The van der Waals surface area contributed by atoms with Gasteiger partial charge in [-0.2, -0.15) is 0 Å². The Balaban J connectivity index is 1.64. The molecule has 1 fully saturated rings. The molecule has 0 bridgehead atoms. The van der Waals surface area contributed by atoms with Crippen LogP contribution >= 0.6 is 0 Å². The lowest BCUT2D eigenvalue weighted by atomic mass is 9.95. The van der Waals surface area contributed by atoms with Crippen LogP contribution in [0, 0.1) is 0 Å². The van der Waals surface area contributed by atoms with Crippen molar-refractivity contribution in [2.45, 2.75) is 42.8 Å². The predicted octanol–water partition coefficient (Wildman–Crippen LogP) is 2.82. The maximum Gasteiger partial charge on any atom is 0.232 e. The van der Waals surface area contributed by atoms with Crippen LogP contribution in [-0.4, -0.2) is 42.4 Å². The third-order valence-electron chi connectivity index (χ3n) is 4.73. The fraction of sp³-hybridized carbons (Fsp3) is 0.368. The molecule has 7 heteroatoms. The van der Waals surface area contributed by atoms with Gasteiger partial charge in [0.1, 0.15) is 6.10 Å². The average molecular weight is 371 g/mol. The Labute approximate surface area is 154 Å². The monoisotopic (exact) mass is 371 g/mol. The summed E-state index contributed by atoms with van der Waals surface area (Å²) in [5.41, 5.74) is 2.47. The van der Waals surface area contributed by atoms with E-state index < -0.39 is 10.8 Å². The van der Waals surface area contributed by atoms with Crippen molar-refractivity contribution in [3.63, 3.8) is 0 Å². The minimum atomic E-state index is -1.04. The molecule has 0 amide bonds. The van der Waals surface area contributed by atoms with Gasteiger partial charge >= 0.3 is 0 Å². The molecule has 4 rings (SSSR count). The van der Waals surface area contributed by atoms with Crippen LogP contribution in [0.2, 0.25) is 0 Å². The van der Waals surface area contributed by atoms with Gasteiger partial charge in [-0.05, 0) is 43.9 Å². The van der Waals surface area contributed by atoms with Crippen molar-refractivity contribution in [3.8, 4) is 17.1 Å². The van der Waals surface area contributed by atoms with Crippen molar-refractivity contribution in [2.24, 2.45) is 0 Å². The molecule has 0 aliphatic heterocycles. The number of aliphatic hydroxyl groups excluding tert-OH is 1. The number of rotatable bonds is 4. The fourth-order valence-corrected chi connectivity index (χ4v) is 3.85. The molecule has 2 heterocycles. The smallest absolute Gasteiger partial charge is 0.232 e. The molecule has 0 spiro atoms. The van der Waals surface area contributed by atoms with Crippen LogP contribution in [0.15, 0.2) is 47.5 Å². The van der Waals surface area contributed by atoms with Crippen molar-refractivity contribution >= 4 is 16.4 Å². The second-order valence-corrected chi connectivity index (χ2v) is 8.00. The predicted molar refractivity (Wildman–Crippen MR) is 99.6 cm³/mol. The number of imidazole rings is 1. The average Bonchev–Trinajstić information content (AvgIpc) is 3.07. The Morgan fingerprint density at radius 1 is 1.19 bits per heavy atom. The molecule has 26 heavy (non-hydrogen) atoms. The Morgan fingerprint density at radius 2 is 2.00 bits per heavy atom. The highest BCUT2D eigenvalue weighted by atomic mass is 32.2. The molecule has 1 N–H and O–H groups in total. The van der Waals surface area contributed by atoms with E-state index in [0.717, 1.165) is 47.5 Å². The van der Waals surface area contributed by atoms with E-state index >= 15 is 0 Å². The topological polar surface area (TPSA) is 76.7 Å². The first-order chi connectivity index (χ1) is 12.6. The summed E-state index contributed by atoms with van der Waals surface area (Å²) in [5, 5.41) is 14.2. The molecule has 0 saturated heterocycles. The van der Waals surface area contributed by atoms with Gasteiger partial charge in [0.2, 0.25) is 5.88 Å². The van der Waals surface area contributed by atoms with E-state index in [9.17, 15) is 9.32 Å². The van der Waals surface area contributed by atoms with E-state index in [-0.39, 0.29) is 12.2 Å². The van der Waals surface area contributed by atoms with Crippen LogP contribution in [0.3, 0.4) is 0 Å². The Morgan fingerprint density at radius 3 is 2.77 bits per heavy atom. The highest BCUT2D eigenvalue weighted by Crippen LogP contribution is 2.25. The van der Waals surface area contributed by atoms with E-state index in [4.69, 9.17) is 4.74 Å². The Bertz CT molecular complexity index is 948. The van der Waals surface area contributed by atoms with Crippen molar-refractivity contribution in [1.82, 2.24) is 14.6 Å². The summed E-state index contributed by atoms with van der Waals surface area (Å²) in [6.45, 7) is 0. The van der Waals surface area contributed by atoms with Gasteiger partial charge in [0.05, 0.1) is 18.0 Å². The summed E-state index contributed by atoms with van der Waals surface area (Å²) in [6.07, 6.45) is 6.51. The highest BCUT2D eigenvalue weighted by molar-refractivity contribution is 7.84. The second-order valence-electron chi connectivity index (χ2n) is 6.62. The number of nitrogens with zero attached hydrogens (tertiary/aromatic N) is 3. The molecule has 1 saturated carbocycles. The minimum absolute atomic E-state index is 0.0844. The van der Waals surface area contributed by atoms with Crippen molar-refractivity contribution in [2.75, 3.05) is 6.26 Å². The van der Waals surface area contributed by atoms with Gasteiger partial charge in [-0.15, -0.1) is 5.10 Å². The van der Waals surface area contributed by atoms with E-state index in [1.165, 1.54) is 0 Å². The zero-order valence-corrected chi connectivity index (χ0v) is 15.4. The number of aromatic nitrogens is 3. The number of aliphatic hydroxyl groups is 1. The van der Waals surface area contributed by atoms with Gasteiger partial charge in [-0.1, -0.05) is 12.1 Å². The standard InChI is InChI=1S/C19H21N3O3S/c1-26(24)16-4-2-3-13(11-16)17-12-20-18-9-10-19(21-22(17)18)25-15-7-5-14(23)6-8-15/h2-4,9-12,14-15,23H,5-8H2,1H3. The zero-order chi connectivity index (χ0) is 18.1. The molecule has 136 valence electrons. The number of hydrogen-bond acceptors (Lipinski definition) is 5. The van der Waals surface area contributed by atoms with Crippen LogP contribution in [0.1, 0.15) is 25.7 Å². The lowest BCUT2D eigenvalue weighted by Crippen LogP contribution is -2.26. The third-order valence-corrected chi connectivity index (χ3v) is 5.65. The molecular formula is C19H21N3O3S. The summed E-state index contributed by atoms with van der Waals surface area (Å²) in [7, 11) is -1.04. The van der Waals surface area contributed by atoms with Crippen LogP contribution in [0.25, 0.3) is 16.9 Å². The van der Waals surface area contributed by atoms with Gasteiger partial charge in [0.15, 0.2) is 5.65 Å². The number of benzene rings is 1. The van der Waals surface area contributed by atoms with E-state index in [1.54, 1.807) is 17.0 Å². The maximum atomic E-state index is 11.8. The molecule has 6 nitrogen and oxygen atoms in total. The van der Waals surface area contributed by atoms with E-state index in [1.807, 2.05) is 36.4 Å². The van der Waals surface area contributed by atoms with Crippen LogP contribution in [0.5, 0.6) is 5.88 Å². The molecule has 1 unspecified atom stereocenters. The fourth-order valence-electron chi connectivity index (χ4n) is 3.28. The maximum absolute atomic E-state index is 11.8. The van der Waals surface area contributed by atoms with Crippen LogP contribution < -0.4 is 4.74 Å². The van der Waals surface area contributed by atoms with Gasteiger partial charge in [-0.25, -0.2) is 9.50 Å². The molecule has 1 atom stereocenters. The third kappa shape index (κ3) is 3.50. The summed E-state index contributed by atoms with van der Waals surface area (Å²) in [5.74, 6) is 0.549. The summed E-state index contributed by atoms with van der Waals surface area (Å²) < 4.78 is 19.5. The molecule has 1 aliphatic carbocycles. The molecular weight excluding hydrogens is 350 g/mol. The van der Waals surface area contributed by atoms with Crippen LogP contribution in [0.4, 0.5) is 0 Å². The lowest BCUT2D eigenvalue weighted by molar-refractivity contribution is 0.0637. The number of fused-ring (bicyclic) bond motifs is 1. The Kier molecular flexibility index (Phi) is 4.74. The lowest BCUT2D eigenvalue weighted by Gasteiger charge is -2.25. The van der Waals surface area contributed by atoms with Gasteiger partial charge in [-0.3, -0.25) is 4.21 Å². The molecule has 3 aromatic rings. The number of ether oxygens (including phenoxy) is 1. The summed E-state index contributed by atoms with van der Waals surface area (Å²) in [4.78, 5) is 5.17. The first-order valence-electron chi connectivity index (χ1n) is 8.73.